The van der Waals surface area contributed by atoms with Crippen molar-refractivity contribution in [3.05, 3.63) is 0 Å². The number of likely N-dealkylation sites (N-methyl/N-ethyl adjacent to an activating group) is 1. The third-order valence-corrected chi connectivity index (χ3v) is 3.88. The van der Waals surface area contributed by atoms with E-state index < -0.39 is 0 Å². The van der Waals surface area contributed by atoms with Crippen LogP contribution in [0.4, 0.5) is 0 Å². The van der Waals surface area contributed by atoms with Gasteiger partial charge in [-0.1, -0.05) is 13.3 Å². The summed E-state index contributed by atoms with van der Waals surface area (Å²) in [5.74, 6) is 0.359. The second-order valence-electron chi connectivity index (χ2n) is 4.98. The Kier molecular flexibility index (Phi) is 2.52. The second-order valence-corrected chi connectivity index (χ2v) is 4.98. The first-order valence-electron chi connectivity index (χ1n) is 5.61. The molecular formula is C11H20N2O. The SMILES string of the molecule is CN(C(=O)C1(C)CCC1)[C@H]1CCNC1. The fourth-order valence-corrected chi connectivity index (χ4v) is 2.48. The molecule has 1 aliphatic carbocycles. The molecule has 80 valence electrons. The number of amides is 1. The molecule has 1 heterocycles. The first-order valence-corrected chi connectivity index (χ1v) is 5.61. The monoisotopic (exact) mass is 196 g/mol. The van der Waals surface area contributed by atoms with E-state index in [1.54, 1.807) is 0 Å². The molecule has 0 aromatic heterocycles. The number of nitrogens with one attached hydrogen (secondary N) is 1. The summed E-state index contributed by atoms with van der Waals surface area (Å²) in [6, 6.07) is 0.430. The zero-order valence-corrected chi connectivity index (χ0v) is 9.18. The number of nitrogens with zero attached hydrogens (tertiary/aromatic N) is 1. The lowest BCUT2D eigenvalue weighted by Gasteiger charge is -2.41. The smallest absolute Gasteiger partial charge is 0.228 e. The Balaban J connectivity index is 1.96. The molecule has 0 radical (unpaired) electrons. The Hall–Kier alpha value is -0.570. The molecule has 2 aliphatic rings. The van der Waals surface area contributed by atoms with Gasteiger partial charge in [-0.05, 0) is 25.8 Å². The van der Waals surface area contributed by atoms with Crippen molar-refractivity contribution < 1.29 is 4.79 Å². The van der Waals surface area contributed by atoms with Gasteiger partial charge in [0, 0.05) is 25.0 Å². The third kappa shape index (κ3) is 1.54. The van der Waals surface area contributed by atoms with E-state index in [0.717, 1.165) is 32.4 Å². The lowest BCUT2D eigenvalue weighted by atomic mass is 9.69. The normalized spacial score (nSPS) is 29.7. The van der Waals surface area contributed by atoms with Gasteiger partial charge >= 0.3 is 0 Å². The van der Waals surface area contributed by atoms with Gasteiger partial charge in [-0.3, -0.25) is 4.79 Å². The summed E-state index contributed by atoms with van der Waals surface area (Å²) in [7, 11) is 1.96. The summed E-state index contributed by atoms with van der Waals surface area (Å²) >= 11 is 0. The molecule has 1 saturated carbocycles. The van der Waals surface area contributed by atoms with Crippen molar-refractivity contribution in [2.45, 2.75) is 38.6 Å². The maximum absolute atomic E-state index is 12.1. The van der Waals surface area contributed by atoms with Gasteiger partial charge in [0.1, 0.15) is 0 Å². The highest BCUT2D eigenvalue weighted by atomic mass is 16.2. The summed E-state index contributed by atoms with van der Waals surface area (Å²) < 4.78 is 0. The lowest BCUT2D eigenvalue weighted by molar-refractivity contribution is -0.146. The summed E-state index contributed by atoms with van der Waals surface area (Å²) in [6.45, 7) is 4.13. The quantitative estimate of drug-likeness (QED) is 0.714. The Bertz CT molecular complexity index is 229. The highest BCUT2D eigenvalue weighted by molar-refractivity contribution is 5.83. The van der Waals surface area contributed by atoms with Crippen LogP contribution >= 0.6 is 0 Å². The number of carbonyl (C=O) groups excluding carboxylic acids is 1. The number of rotatable bonds is 2. The molecule has 14 heavy (non-hydrogen) atoms. The molecule has 0 aromatic carbocycles. The average molecular weight is 196 g/mol. The maximum atomic E-state index is 12.1. The molecule has 2 fully saturated rings. The van der Waals surface area contributed by atoms with Crippen LogP contribution in [0.3, 0.4) is 0 Å². The van der Waals surface area contributed by atoms with Crippen LogP contribution in [0.2, 0.25) is 0 Å². The Morgan fingerprint density at radius 1 is 1.50 bits per heavy atom. The number of hydrogen-bond acceptors (Lipinski definition) is 2. The van der Waals surface area contributed by atoms with Gasteiger partial charge in [0.25, 0.3) is 0 Å². The van der Waals surface area contributed by atoms with E-state index in [1.165, 1.54) is 6.42 Å². The standard InChI is InChI=1S/C11H20N2O/c1-11(5-3-6-11)10(14)13(2)9-4-7-12-8-9/h9,12H,3-8H2,1-2H3/t9-/m0/s1. The molecule has 1 aliphatic heterocycles. The molecule has 0 aromatic rings. The van der Waals surface area contributed by atoms with Crippen LogP contribution in [-0.2, 0) is 4.79 Å². The molecule has 1 amide bonds. The second kappa shape index (κ2) is 3.54. The van der Waals surface area contributed by atoms with Crippen molar-refractivity contribution in [2.75, 3.05) is 20.1 Å². The maximum Gasteiger partial charge on any atom is 0.228 e. The minimum absolute atomic E-state index is 0.0304. The van der Waals surface area contributed by atoms with Crippen molar-refractivity contribution in [3.8, 4) is 0 Å². The van der Waals surface area contributed by atoms with E-state index in [-0.39, 0.29) is 5.41 Å². The fraction of sp³-hybridized carbons (Fsp3) is 0.909. The third-order valence-electron chi connectivity index (χ3n) is 3.88. The molecular weight excluding hydrogens is 176 g/mol. The summed E-state index contributed by atoms with van der Waals surface area (Å²) in [5, 5.41) is 3.30. The molecule has 0 unspecified atom stereocenters. The van der Waals surface area contributed by atoms with Crippen LogP contribution in [0.5, 0.6) is 0 Å². The van der Waals surface area contributed by atoms with Crippen molar-refractivity contribution in [1.29, 1.82) is 0 Å². The zero-order chi connectivity index (χ0) is 10.2. The van der Waals surface area contributed by atoms with E-state index in [2.05, 4.69) is 12.2 Å². The van der Waals surface area contributed by atoms with E-state index in [9.17, 15) is 4.79 Å². The largest absolute Gasteiger partial charge is 0.341 e. The van der Waals surface area contributed by atoms with Crippen LogP contribution in [0.15, 0.2) is 0 Å². The van der Waals surface area contributed by atoms with E-state index >= 15 is 0 Å². The topological polar surface area (TPSA) is 32.3 Å². The fourth-order valence-electron chi connectivity index (χ4n) is 2.48. The Morgan fingerprint density at radius 2 is 2.21 bits per heavy atom. The highest BCUT2D eigenvalue weighted by Gasteiger charge is 2.42. The average Bonchev–Trinajstić information content (AvgIpc) is 2.64. The van der Waals surface area contributed by atoms with Gasteiger partial charge < -0.3 is 10.2 Å². The van der Waals surface area contributed by atoms with E-state index in [0.29, 0.717) is 11.9 Å². The molecule has 2 rings (SSSR count). The van der Waals surface area contributed by atoms with Crippen LogP contribution < -0.4 is 5.32 Å². The van der Waals surface area contributed by atoms with Crippen LogP contribution in [0.1, 0.15) is 32.6 Å². The summed E-state index contributed by atoms with van der Waals surface area (Å²) in [5.41, 5.74) is -0.0304. The van der Waals surface area contributed by atoms with Crippen molar-refractivity contribution in [1.82, 2.24) is 10.2 Å². The van der Waals surface area contributed by atoms with Gasteiger partial charge in [0.2, 0.25) is 5.91 Å². The van der Waals surface area contributed by atoms with Gasteiger partial charge in [0.15, 0.2) is 0 Å². The van der Waals surface area contributed by atoms with Crippen molar-refractivity contribution >= 4 is 5.91 Å². The minimum Gasteiger partial charge on any atom is -0.341 e. The molecule has 3 nitrogen and oxygen atoms in total. The van der Waals surface area contributed by atoms with Gasteiger partial charge in [-0.25, -0.2) is 0 Å². The Morgan fingerprint density at radius 3 is 2.64 bits per heavy atom. The van der Waals surface area contributed by atoms with E-state index in [4.69, 9.17) is 0 Å². The zero-order valence-electron chi connectivity index (χ0n) is 9.18. The van der Waals surface area contributed by atoms with Crippen LogP contribution in [0, 0.1) is 5.41 Å². The van der Waals surface area contributed by atoms with Gasteiger partial charge in [0.05, 0.1) is 0 Å². The summed E-state index contributed by atoms with van der Waals surface area (Å²) in [4.78, 5) is 14.1. The van der Waals surface area contributed by atoms with Crippen LogP contribution in [-0.4, -0.2) is 37.0 Å². The van der Waals surface area contributed by atoms with Crippen molar-refractivity contribution in [3.63, 3.8) is 0 Å². The number of hydrogen-bond donors (Lipinski definition) is 1. The molecule has 1 N–H and O–H groups in total. The number of carbonyl (C=O) groups is 1. The van der Waals surface area contributed by atoms with Gasteiger partial charge in [-0.15, -0.1) is 0 Å². The van der Waals surface area contributed by atoms with Gasteiger partial charge in [-0.2, -0.15) is 0 Å². The molecule has 1 atom stereocenters. The molecule has 3 heteroatoms. The Labute approximate surface area is 85.8 Å². The highest BCUT2D eigenvalue weighted by Crippen LogP contribution is 2.42. The first kappa shape index (κ1) is 9.97. The predicted molar refractivity (Wildman–Crippen MR) is 56.0 cm³/mol. The minimum atomic E-state index is -0.0304. The van der Waals surface area contributed by atoms with Crippen molar-refractivity contribution in [2.24, 2.45) is 5.41 Å². The summed E-state index contributed by atoms with van der Waals surface area (Å²) in [6.07, 6.45) is 4.49. The van der Waals surface area contributed by atoms with E-state index in [1.807, 2.05) is 11.9 Å². The molecule has 1 saturated heterocycles. The van der Waals surface area contributed by atoms with Crippen LogP contribution in [0.25, 0.3) is 0 Å². The lowest BCUT2D eigenvalue weighted by Crippen LogP contribution is -2.49. The molecule has 0 bridgehead atoms. The molecule has 0 spiro atoms. The first-order chi connectivity index (χ1) is 6.63. The predicted octanol–water partition coefficient (Wildman–Crippen LogP) is 0.997.